The summed E-state index contributed by atoms with van der Waals surface area (Å²) in [6.07, 6.45) is -1.54. The summed E-state index contributed by atoms with van der Waals surface area (Å²) in [6.45, 7) is 3.14. The van der Waals surface area contributed by atoms with Crippen molar-refractivity contribution in [1.82, 2.24) is 0 Å². The molecule has 3 heteroatoms. The summed E-state index contributed by atoms with van der Waals surface area (Å²) < 4.78 is 0. The first-order valence-corrected chi connectivity index (χ1v) is 2.99. The first kappa shape index (κ1) is 8.21. The normalized spacial score (nSPS) is 22.1. The number of aliphatic hydroxyl groups is 2. The molecule has 50 valence electrons. The Bertz CT molecular complexity index is 55.4. The van der Waals surface area contributed by atoms with E-state index in [1.54, 1.807) is 6.92 Å². The Labute approximate surface area is 54.1 Å². The van der Waals surface area contributed by atoms with Crippen LogP contribution in [-0.2, 0) is 0 Å². The Morgan fingerprint density at radius 1 is 1.25 bits per heavy atom. The van der Waals surface area contributed by atoms with Crippen molar-refractivity contribution in [3.63, 3.8) is 0 Å². The van der Waals surface area contributed by atoms with Gasteiger partial charge in [0, 0.05) is 0 Å². The van der Waals surface area contributed by atoms with Gasteiger partial charge in [-0.1, -0.05) is 0 Å². The SMILES string of the molecule is CC(O)C(O)C(C)Cl. The molecule has 0 aromatic heterocycles. The van der Waals surface area contributed by atoms with Crippen molar-refractivity contribution in [3.8, 4) is 0 Å². The molecule has 0 aliphatic carbocycles. The predicted octanol–water partition coefficient (Wildman–Crippen LogP) is 0.355. The number of hydrogen-bond acceptors (Lipinski definition) is 2. The lowest BCUT2D eigenvalue weighted by molar-refractivity contribution is 0.0318. The quantitative estimate of drug-likeness (QED) is 0.541. The van der Waals surface area contributed by atoms with Gasteiger partial charge in [0.05, 0.1) is 17.6 Å². The number of rotatable bonds is 2. The molecule has 0 saturated carbocycles. The van der Waals surface area contributed by atoms with Crippen LogP contribution in [-0.4, -0.2) is 27.8 Å². The molecule has 0 aromatic carbocycles. The van der Waals surface area contributed by atoms with Crippen LogP contribution in [0.5, 0.6) is 0 Å². The highest BCUT2D eigenvalue weighted by Gasteiger charge is 2.15. The zero-order valence-electron chi connectivity index (χ0n) is 5.00. The Kier molecular flexibility index (Phi) is 3.36. The fourth-order valence-electron chi connectivity index (χ4n) is 0.384. The van der Waals surface area contributed by atoms with Crippen molar-refractivity contribution in [3.05, 3.63) is 0 Å². The minimum absolute atomic E-state index is 0.380. The van der Waals surface area contributed by atoms with Crippen LogP contribution in [0.3, 0.4) is 0 Å². The van der Waals surface area contributed by atoms with E-state index in [0.717, 1.165) is 0 Å². The summed E-state index contributed by atoms with van der Waals surface area (Å²) in [5.74, 6) is 0. The molecule has 0 fully saturated rings. The molecular formula is C5H11ClO2. The number of halogens is 1. The lowest BCUT2D eigenvalue weighted by Crippen LogP contribution is -2.29. The molecule has 0 saturated heterocycles. The van der Waals surface area contributed by atoms with E-state index in [1.165, 1.54) is 6.92 Å². The summed E-state index contributed by atoms with van der Waals surface area (Å²) in [7, 11) is 0. The monoisotopic (exact) mass is 138 g/mol. The minimum atomic E-state index is -0.809. The Hall–Kier alpha value is 0.210. The third-order valence-electron chi connectivity index (χ3n) is 0.965. The first-order chi connectivity index (χ1) is 3.55. The zero-order valence-corrected chi connectivity index (χ0v) is 5.76. The molecular weight excluding hydrogens is 128 g/mol. The maximum Gasteiger partial charge on any atom is 0.0956 e. The molecule has 0 spiro atoms. The predicted molar refractivity (Wildman–Crippen MR) is 33.0 cm³/mol. The molecule has 0 amide bonds. The second-order valence-corrected chi connectivity index (χ2v) is 2.60. The lowest BCUT2D eigenvalue weighted by atomic mass is 10.2. The molecule has 0 aliphatic heterocycles. The van der Waals surface area contributed by atoms with E-state index in [4.69, 9.17) is 21.8 Å². The van der Waals surface area contributed by atoms with Crippen molar-refractivity contribution in [2.45, 2.75) is 31.4 Å². The molecule has 0 bridgehead atoms. The number of alkyl halides is 1. The number of aliphatic hydroxyl groups excluding tert-OH is 2. The van der Waals surface area contributed by atoms with Crippen LogP contribution in [0.25, 0.3) is 0 Å². The average molecular weight is 139 g/mol. The van der Waals surface area contributed by atoms with E-state index in [0.29, 0.717) is 0 Å². The maximum absolute atomic E-state index is 8.82. The summed E-state index contributed by atoms with van der Waals surface area (Å²) >= 11 is 5.41. The standard InChI is InChI=1S/C5H11ClO2/c1-3(6)5(8)4(2)7/h3-5,7-8H,1-2H3. The zero-order chi connectivity index (χ0) is 6.73. The maximum atomic E-state index is 8.82. The highest BCUT2D eigenvalue weighted by atomic mass is 35.5. The summed E-state index contributed by atoms with van der Waals surface area (Å²) in [5, 5.41) is 17.1. The highest BCUT2D eigenvalue weighted by Crippen LogP contribution is 2.04. The van der Waals surface area contributed by atoms with E-state index in [9.17, 15) is 0 Å². The second kappa shape index (κ2) is 3.28. The van der Waals surface area contributed by atoms with Gasteiger partial charge in [-0.25, -0.2) is 0 Å². The van der Waals surface area contributed by atoms with Crippen LogP contribution >= 0.6 is 11.6 Å². The van der Waals surface area contributed by atoms with Crippen LogP contribution in [0.2, 0.25) is 0 Å². The Morgan fingerprint density at radius 2 is 1.62 bits per heavy atom. The molecule has 0 heterocycles. The van der Waals surface area contributed by atoms with E-state index >= 15 is 0 Å². The Morgan fingerprint density at radius 3 is 1.62 bits per heavy atom. The summed E-state index contributed by atoms with van der Waals surface area (Å²) in [5.41, 5.74) is 0. The minimum Gasteiger partial charge on any atom is -0.391 e. The molecule has 3 unspecified atom stereocenters. The van der Waals surface area contributed by atoms with E-state index in [-0.39, 0.29) is 5.38 Å². The van der Waals surface area contributed by atoms with Gasteiger partial charge in [-0.15, -0.1) is 11.6 Å². The van der Waals surface area contributed by atoms with Crippen molar-refractivity contribution in [1.29, 1.82) is 0 Å². The second-order valence-electron chi connectivity index (χ2n) is 1.91. The van der Waals surface area contributed by atoms with Crippen LogP contribution in [0.1, 0.15) is 13.8 Å². The molecule has 8 heavy (non-hydrogen) atoms. The van der Waals surface area contributed by atoms with Crippen molar-refractivity contribution in [2.24, 2.45) is 0 Å². The van der Waals surface area contributed by atoms with Gasteiger partial charge in [0.15, 0.2) is 0 Å². The van der Waals surface area contributed by atoms with Gasteiger partial charge in [-0.05, 0) is 13.8 Å². The average Bonchev–Trinajstić information content (AvgIpc) is 1.64. The molecule has 3 atom stereocenters. The van der Waals surface area contributed by atoms with E-state index < -0.39 is 12.2 Å². The van der Waals surface area contributed by atoms with Crippen LogP contribution < -0.4 is 0 Å². The third-order valence-corrected chi connectivity index (χ3v) is 1.22. The Balaban J connectivity index is 3.46. The number of hydrogen-bond donors (Lipinski definition) is 2. The third kappa shape index (κ3) is 2.50. The molecule has 2 N–H and O–H groups in total. The fourth-order valence-corrected chi connectivity index (χ4v) is 0.594. The molecule has 0 rings (SSSR count). The van der Waals surface area contributed by atoms with Gasteiger partial charge < -0.3 is 10.2 Å². The van der Waals surface area contributed by atoms with Gasteiger partial charge >= 0.3 is 0 Å². The smallest absolute Gasteiger partial charge is 0.0956 e. The van der Waals surface area contributed by atoms with Crippen molar-refractivity contribution in [2.75, 3.05) is 0 Å². The van der Waals surface area contributed by atoms with Crippen LogP contribution in [0, 0.1) is 0 Å². The molecule has 2 nitrogen and oxygen atoms in total. The van der Waals surface area contributed by atoms with Crippen LogP contribution in [0.15, 0.2) is 0 Å². The van der Waals surface area contributed by atoms with E-state index in [1.807, 2.05) is 0 Å². The largest absolute Gasteiger partial charge is 0.391 e. The highest BCUT2D eigenvalue weighted by molar-refractivity contribution is 6.20. The van der Waals surface area contributed by atoms with Gasteiger partial charge in [0.1, 0.15) is 0 Å². The summed E-state index contributed by atoms with van der Waals surface area (Å²) in [6, 6.07) is 0. The van der Waals surface area contributed by atoms with Crippen molar-refractivity contribution >= 4 is 11.6 Å². The van der Waals surface area contributed by atoms with E-state index in [2.05, 4.69) is 0 Å². The van der Waals surface area contributed by atoms with Gasteiger partial charge in [0.2, 0.25) is 0 Å². The van der Waals surface area contributed by atoms with Gasteiger partial charge in [0.25, 0.3) is 0 Å². The van der Waals surface area contributed by atoms with Gasteiger partial charge in [-0.3, -0.25) is 0 Å². The topological polar surface area (TPSA) is 40.5 Å². The van der Waals surface area contributed by atoms with Crippen LogP contribution in [0.4, 0.5) is 0 Å². The summed E-state index contributed by atoms with van der Waals surface area (Å²) in [4.78, 5) is 0. The fraction of sp³-hybridized carbons (Fsp3) is 1.00. The van der Waals surface area contributed by atoms with Crippen molar-refractivity contribution < 1.29 is 10.2 Å². The molecule has 0 radical (unpaired) electrons. The lowest BCUT2D eigenvalue weighted by Gasteiger charge is -2.14. The first-order valence-electron chi connectivity index (χ1n) is 2.56. The van der Waals surface area contributed by atoms with Gasteiger partial charge in [-0.2, -0.15) is 0 Å². The molecule has 0 aromatic rings. The molecule has 0 aliphatic rings.